The molecule has 2 saturated carbocycles. The molecule has 0 aliphatic heterocycles. The first-order valence-electron chi connectivity index (χ1n) is 17.9. The lowest BCUT2D eigenvalue weighted by atomic mass is 9.55. The van der Waals surface area contributed by atoms with E-state index in [1.165, 1.54) is 115 Å². The molecule has 0 radical (unpaired) electrons. The number of hydrogen-bond acceptors (Lipinski definition) is 0. The molecule has 2 fully saturated rings. The fourth-order valence-corrected chi connectivity index (χ4v) is 11.0. The Morgan fingerprint density at radius 2 is 0.667 bits per heavy atom. The standard InChI is InChI=1S/C48H36/c1-5-15-37-31(11-1)27-32-12-2-6-16-38(32)45(37)35-19-21-41-42-22-20-36(30-44(42)48-25-9-23-47(48,24-10-26-48)43(41)29-35)46-39-17-7-3-13-33(39)28-34-14-4-8-18-40(34)46/h1-8,11-22,27-30H,9-10,23-26H2. The lowest BCUT2D eigenvalue weighted by molar-refractivity contribution is 0.299. The maximum absolute atomic E-state index is 2.64. The monoisotopic (exact) mass is 612 g/mol. The first-order chi connectivity index (χ1) is 23.7. The Morgan fingerprint density at radius 3 is 1.02 bits per heavy atom. The van der Waals surface area contributed by atoms with Crippen LogP contribution in [0.1, 0.15) is 49.7 Å². The van der Waals surface area contributed by atoms with E-state index < -0.39 is 0 Å². The molecular weight excluding hydrogens is 577 g/mol. The van der Waals surface area contributed by atoms with Gasteiger partial charge in [0.1, 0.15) is 0 Å². The summed E-state index contributed by atoms with van der Waals surface area (Å²) in [6.07, 6.45) is 7.78. The van der Waals surface area contributed by atoms with Crippen molar-refractivity contribution in [2.24, 2.45) is 0 Å². The molecule has 0 saturated heterocycles. The Bertz CT molecular complexity index is 2340. The molecule has 0 N–H and O–H groups in total. The Labute approximate surface area is 281 Å². The summed E-state index contributed by atoms with van der Waals surface area (Å²) in [6, 6.07) is 55.7. The van der Waals surface area contributed by atoms with Crippen LogP contribution in [0.15, 0.2) is 146 Å². The number of fused-ring (bicyclic) bond motifs is 7. The van der Waals surface area contributed by atoms with Crippen molar-refractivity contribution in [3.8, 4) is 33.4 Å². The molecule has 0 atom stereocenters. The number of benzene rings is 8. The molecule has 228 valence electrons. The summed E-state index contributed by atoms with van der Waals surface area (Å²) in [6.45, 7) is 0. The molecule has 11 rings (SSSR count). The van der Waals surface area contributed by atoms with Crippen molar-refractivity contribution in [3.63, 3.8) is 0 Å². The van der Waals surface area contributed by atoms with Crippen LogP contribution < -0.4 is 0 Å². The van der Waals surface area contributed by atoms with E-state index in [2.05, 4.69) is 146 Å². The third-order valence-electron chi connectivity index (χ3n) is 12.8. The Balaban J connectivity index is 1.18. The average Bonchev–Trinajstić information content (AvgIpc) is 3.71. The van der Waals surface area contributed by atoms with Crippen LogP contribution in [0.25, 0.3) is 76.5 Å². The Hall–Kier alpha value is -5.20. The third kappa shape index (κ3) is 3.40. The van der Waals surface area contributed by atoms with E-state index in [-0.39, 0.29) is 10.8 Å². The summed E-state index contributed by atoms with van der Waals surface area (Å²) < 4.78 is 0. The maximum Gasteiger partial charge on any atom is 0.00564 e. The van der Waals surface area contributed by atoms with Crippen molar-refractivity contribution in [3.05, 3.63) is 157 Å². The van der Waals surface area contributed by atoms with Crippen LogP contribution in [-0.4, -0.2) is 0 Å². The second-order valence-corrected chi connectivity index (χ2v) is 14.8. The molecule has 48 heavy (non-hydrogen) atoms. The van der Waals surface area contributed by atoms with Gasteiger partial charge in [-0.25, -0.2) is 0 Å². The zero-order valence-electron chi connectivity index (χ0n) is 27.1. The molecule has 0 aromatic heterocycles. The van der Waals surface area contributed by atoms with Gasteiger partial charge in [0.2, 0.25) is 0 Å². The van der Waals surface area contributed by atoms with Gasteiger partial charge in [0.05, 0.1) is 0 Å². The largest absolute Gasteiger partial charge is 0.0616 e. The molecule has 0 heteroatoms. The van der Waals surface area contributed by atoms with Gasteiger partial charge in [0, 0.05) is 10.8 Å². The zero-order chi connectivity index (χ0) is 31.5. The quantitative estimate of drug-likeness (QED) is 0.170. The smallest absolute Gasteiger partial charge is 0.00564 e. The molecule has 8 aromatic carbocycles. The highest BCUT2D eigenvalue weighted by molar-refractivity contribution is 6.14. The zero-order valence-corrected chi connectivity index (χ0v) is 27.1. The lowest BCUT2D eigenvalue weighted by Gasteiger charge is -2.48. The van der Waals surface area contributed by atoms with Crippen molar-refractivity contribution >= 4 is 43.1 Å². The summed E-state index contributed by atoms with van der Waals surface area (Å²) in [5.74, 6) is 0. The predicted octanol–water partition coefficient (Wildman–Crippen LogP) is 13.2. The van der Waals surface area contributed by atoms with E-state index in [1.54, 1.807) is 11.1 Å². The van der Waals surface area contributed by atoms with Crippen LogP contribution in [0.2, 0.25) is 0 Å². The number of rotatable bonds is 2. The van der Waals surface area contributed by atoms with Crippen molar-refractivity contribution in [1.82, 2.24) is 0 Å². The van der Waals surface area contributed by atoms with Gasteiger partial charge in [-0.2, -0.15) is 0 Å². The third-order valence-corrected chi connectivity index (χ3v) is 12.8. The van der Waals surface area contributed by atoms with E-state index in [0.717, 1.165) is 0 Å². The van der Waals surface area contributed by atoms with Gasteiger partial charge in [-0.1, -0.05) is 134 Å². The molecule has 0 nitrogen and oxygen atoms in total. The van der Waals surface area contributed by atoms with Crippen LogP contribution in [0.3, 0.4) is 0 Å². The number of hydrogen-bond donors (Lipinski definition) is 0. The van der Waals surface area contributed by atoms with E-state index in [4.69, 9.17) is 0 Å². The normalized spacial score (nSPS) is 21.0. The second-order valence-electron chi connectivity index (χ2n) is 14.8. The van der Waals surface area contributed by atoms with Crippen molar-refractivity contribution < 1.29 is 0 Å². The SMILES string of the molecule is c1ccc2c(-c3ccc4c(c3)C35CCCC3(CCC5)c3cc(-c5c6ccccc6cc6ccccc56)ccc3-4)c3ccccc3cc2c1. The van der Waals surface area contributed by atoms with Crippen LogP contribution >= 0.6 is 0 Å². The van der Waals surface area contributed by atoms with Gasteiger partial charge in [-0.05, 0) is 138 Å². The molecule has 0 spiro atoms. The first kappa shape index (κ1) is 26.8. The van der Waals surface area contributed by atoms with Crippen molar-refractivity contribution in [2.45, 2.75) is 49.4 Å². The van der Waals surface area contributed by atoms with Gasteiger partial charge in [0.25, 0.3) is 0 Å². The minimum atomic E-state index is 0.200. The molecule has 8 aromatic rings. The van der Waals surface area contributed by atoms with E-state index in [9.17, 15) is 0 Å². The summed E-state index contributed by atoms with van der Waals surface area (Å²) in [5.41, 5.74) is 12.1. The van der Waals surface area contributed by atoms with Gasteiger partial charge in [0.15, 0.2) is 0 Å². The Kier molecular flexibility index (Phi) is 5.41. The van der Waals surface area contributed by atoms with E-state index in [1.807, 2.05) is 0 Å². The summed E-state index contributed by atoms with van der Waals surface area (Å²) in [5, 5.41) is 10.7. The highest BCUT2D eigenvalue weighted by Crippen LogP contribution is 2.69. The molecule has 0 heterocycles. The van der Waals surface area contributed by atoms with Gasteiger partial charge < -0.3 is 0 Å². The highest BCUT2D eigenvalue weighted by Gasteiger charge is 2.62. The van der Waals surface area contributed by atoms with Crippen molar-refractivity contribution in [1.29, 1.82) is 0 Å². The van der Waals surface area contributed by atoms with Crippen LogP contribution in [0.4, 0.5) is 0 Å². The highest BCUT2D eigenvalue weighted by atomic mass is 14.6. The average molecular weight is 613 g/mol. The van der Waals surface area contributed by atoms with E-state index >= 15 is 0 Å². The Morgan fingerprint density at radius 1 is 0.333 bits per heavy atom. The lowest BCUT2D eigenvalue weighted by Crippen LogP contribution is -2.43. The predicted molar refractivity (Wildman–Crippen MR) is 204 cm³/mol. The minimum absolute atomic E-state index is 0.200. The molecule has 0 unspecified atom stereocenters. The first-order valence-corrected chi connectivity index (χ1v) is 17.9. The van der Waals surface area contributed by atoms with Gasteiger partial charge in [-0.3, -0.25) is 0 Å². The van der Waals surface area contributed by atoms with Crippen LogP contribution in [-0.2, 0) is 10.8 Å². The van der Waals surface area contributed by atoms with Crippen LogP contribution in [0, 0.1) is 0 Å². The summed E-state index contributed by atoms with van der Waals surface area (Å²) in [4.78, 5) is 0. The minimum Gasteiger partial charge on any atom is -0.0616 e. The summed E-state index contributed by atoms with van der Waals surface area (Å²) >= 11 is 0. The van der Waals surface area contributed by atoms with Gasteiger partial charge in [-0.15, -0.1) is 0 Å². The fourth-order valence-electron chi connectivity index (χ4n) is 11.0. The fraction of sp³-hybridized carbons (Fsp3) is 0.167. The molecular formula is C48H36. The molecule has 0 bridgehead atoms. The second kappa shape index (κ2) is 9.68. The van der Waals surface area contributed by atoms with Crippen molar-refractivity contribution in [2.75, 3.05) is 0 Å². The molecule has 0 amide bonds. The molecule has 3 aliphatic rings. The topological polar surface area (TPSA) is 0 Å². The maximum atomic E-state index is 2.64. The van der Waals surface area contributed by atoms with Crippen LogP contribution in [0.5, 0.6) is 0 Å². The summed E-state index contributed by atoms with van der Waals surface area (Å²) in [7, 11) is 0. The van der Waals surface area contributed by atoms with E-state index in [0.29, 0.717) is 0 Å². The molecule has 3 aliphatic carbocycles. The van der Waals surface area contributed by atoms with Gasteiger partial charge >= 0.3 is 0 Å².